The molecule has 4 heteroatoms. The van der Waals surface area contributed by atoms with Gasteiger partial charge in [-0.1, -0.05) is 86.1 Å². The fourth-order valence-corrected chi connectivity index (χ4v) is 6.45. The quantitative estimate of drug-likeness (QED) is 0.301. The van der Waals surface area contributed by atoms with Gasteiger partial charge in [0.1, 0.15) is 11.9 Å². The number of rotatable bonds is 12. The molecule has 0 aliphatic heterocycles. The number of hydrogen-bond donors (Lipinski definition) is 1. The van der Waals surface area contributed by atoms with Crippen molar-refractivity contribution in [1.29, 1.82) is 0 Å². The zero-order valence-electron chi connectivity index (χ0n) is 18.4. The molecule has 31 heavy (non-hydrogen) atoms. The van der Waals surface area contributed by atoms with Crippen LogP contribution in [0.3, 0.4) is 0 Å². The van der Waals surface area contributed by atoms with Crippen LogP contribution in [0.1, 0.15) is 42.6 Å². The molecule has 0 fully saturated rings. The Bertz CT molecular complexity index is 843. The summed E-state index contributed by atoms with van der Waals surface area (Å²) < 4.78 is 4.73. The Kier molecular flexibility index (Phi) is 9.38. The number of benzene rings is 3. The van der Waals surface area contributed by atoms with Crippen LogP contribution in [0.5, 0.6) is 5.75 Å². The van der Waals surface area contributed by atoms with Gasteiger partial charge in [-0.25, -0.2) is 0 Å². The van der Waals surface area contributed by atoms with E-state index in [1.807, 2.05) is 59.9 Å². The molecule has 3 rings (SSSR count). The molecule has 0 saturated carbocycles. The standard InChI is InChI=1S/C27H32O2S2/c1-3-4-19-30-20-21-31-27(23-11-7-5-8-12-23,24-13-9-6-10-14-24)26(28)22-15-17-25(29-2)18-16-22/h5-18,26,28H,3-4,19-21H2,1-2H3. The monoisotopic (exact) mass is 452 g/mol. The maximum Gasteiger partial charge on any atom is 0.118 e. The van der Waals surface area contributed by atoms with Crippen molar-refractivity contribution < 1.29 is 9.84 Å². The summed E-state index contributed by atoms with van der Waals surface area (Å²) in [7, 11) is 1.66. The van der Waals surface area contributed by atoms with Crippen molar-refractivity contribution in [3.8, 4) is 5.75 Å². The largest absolute Gasteiger partial charge is 0.497 e. The number of thioether (sulfide) groups is 2. The molecule has 0 aromatic heterocycles. The first-order valence-electron chi connectivity index (χ1n) is 10.9. The number of methoxy groups -OCH3 is 1. The lowest BCUT2D eigenvalue weighted by Gasteiger charge is -2.39. The topological polar surface area (TPSA) is 29.5 Å². The summed E-state index contributed by atoms with van der Waals surface area (Å²) in [5, 5.41) is 11.9. The van der Waals surface area contributed by atoms with E-state index >= 15 is 0 Å². The van der Waals surface area contributed by atoms with Crippen LogP contribution in [-0.4, -0.2) is 29.5 Å². The Morgan fingerprint density at radius 2 is 1.39 bits per heavy atom. The number of ether oxygens (including phenoxy) is 1. The molecule has 0 aliphatic rings. The van der Waals surface area contributed by atoms with Gasteiger partial charge in [-0.05, 0) is 41.0 Å². The van der Waals surface area contributed by atoms with Crippen molar-refractivity contribution in [2.45, 2.75) is 30.6 Å². The van der Waals surface area contributed by atoms with E-state index in [4.69, 9.17) is 4.74 Å². The van der Waals surface area contributed by atoms with Gasteiger partial charge in [0.2, 0.25) is 0 Å². The third-order valence-electron chi connectivity index (χ3n) is 5.42. The molecule has 1 unspecified atom stereocenters. The van der Waals surface area contributed by atoms with Gasteiger partial charge >= 0.3 is 0 Å². The molecule has 0 aliphatic carbocycles. The Morgan fingerprint density at radius 1 is 0.806 bits per heavy atom. The van der Waals surface area contributed by atoms with Gasteiger partial charge in [-0.15, -0.1) is 11.8 Å². The molecule has 164 valence electrons. The first-order valence-corrected chi connectivity index (χ1v) is 13.0. The molecular formula is C27H32O2S2. The number of aliphatic hydroxyl groups excluding tert-OH is 1. The molecule has 0 amide bonds. The van der Waals surface area contributed by atoms with E-state index in [0.29, 0.717) is 0 Å². The van der Waals surface area contributed by atoms with Gasteiger partial charge < -0.3 is 9.84 Å². The molecule has 2 nitrogen and oxygen atoms in total. The van der Waals surface area contributed by atoms with Gasteiger partial charge in [0.25, 0.3) is 0 Å². The summed E-state index contributed by atoms with van der Waals surface area (Å²) >= 11 is 3.85. The molecule has 3 aromatic carbocycles. The van der Waals surface area contributed by atoms with E-state index in [2.05, 4.69) is 55.5 Å². The highest BCUT2D eigenvalue weighted by Crippen LogP contribution is 2.51. The second-order valence-corrected chi connectivity index (χ2v) is 10.0. The molecule has 0 radical (unpaired) electrons. The fourth-order valence-electron chi connectivity index (χ4n) is 3.73. The Hall–Kier alpha value is -1.88. The lowest BCUT2D eigenvalue weighted by atomic mass is 9.82. The van der Waals surface area contributed by atoms with Crippen LogP contribution in [0.4, 0.5) is 0 Å². The van der Waals surface area contributed by atoms with Gasteiger partial charge in [0.15, 0.2) is 0 Å². The van der Waals surface area contributed by atoms with Crippen LogP contribution in [0.25, 0.3) is 0 Å². The number of unbranched alkanes of at least 4 members (excludes halogenated alkanes) is 1. The minimum absolute atomic E-state index is 0.595. The van der Waals surface area contributed by atoms with Crippen molar-refractivity contribution in [2.24, 2.45) is 0 Å². The van der Waals surface area contributed by atoms with E-state index in [1.54, 1.807) is 7.11 Å². The number of hydrogen-bond acceptors (Lipinski definition) is 4. The normalized spacial score (nSPS) is 12.5. The fraction of sp³-hybridized carbons (Fsp3) is 0.333. The van der Waals surface area contributed by atoms with Crippen LogP contribution < -0.4 is 4.74 Å². The predicted octanol–water partition coefficient (Wildman–Crippen LogP) is 6.94. The third kappa shape index (κ3) is 5.88. The van der Waals surface area contributed by atoms with Crippen LogP contribution in [0.2, 0.25) is 0 Å². The molecule has 1 atom stereocenters. The van der Waals surface area contributed by atoms with Gasteiger partial charge in [0, 0.05) is 11.5 Å². The zero-order chi connectivity index (χ0) is 21.9. The SMILES string of the molecule is CCCCSCCSC(c1ccccc1)(c1ccccc1)C(O)c1ccc(OC)cc1. The first kappa shape index (κ1) is 23.8. The maximum absolute atomic E-state index is 11.9. The third-order valence-corrected chi connectivity index (χ3v) is 8.31. The van der Waals surface area contributed by atoms with Gasteiger partial charge in [-0.2, -0.15) is 11.8 Å². The van der Waals surface area contributed by atoms with Crippen molar-refractivity contribution >= 4 is 23.5 Å². The first-order chi connectivity index (χ1) is 15.2. The van der Waals surface area contributed by atoms with Crippen LogP contribution in [-0.2, 0) is 4.75 Å². The highest BCUT2D eigenvalue weighted by Gasteiger charge is 2.42. The molecule has 0 heterocycles. The minimum Gasteiger partial charge on any atom is -0.497 e. The lowest BCUT2D eigenvalue weighted by molar-refractivity contribution is 0.145. The summed E-state index contributed by atoms with van der Waals surface area (Å²) in [5.41, 5.74) is 3.13. The van der Waals surface area contributed by atoms with Crippen LogP contribution in [0.15, 0.2) is 84.9 Å². The van der Waals surface area contributed by atoms with E-state index in [1.165, 1.54) is 18.6 Å². The van der Waals surface area contributed by atoms with E-state index in [-0.39, 0.29) is 0 Å². The second-order valence-electron chi connectivity index (χ2n) is 7.46. The van der Waals surface area contributed by atoms with E-state index in [0.717, 1.165) is 33.9 Å². The highest BCUT2D eigenvalue weighted by molar-refractivity contribution is 8.03. The summed E-state index contributed by atoms with van der Waals surface area (Å²) in [6.07, 6.45) is 1.79. The van der Waals surface area contributed by atoms with Crippen LogP contribution in [0, 0.1) is 0 Å². The number of aliphatic hydroxyl groups is 1. The van der Waals surface area contributed by atoms with E-state index in [9.17, 15) is 5.11 Å². The Morgan fingerprint density at radius 3 is 1.90 bits per heavy atom. The molecule has 0 saturated heterocycles. The average molecular weight is 453 g/mol. The van der Waals surface area contributed by atoms with Gasteiger partial charge in [-0.3, -0.25) is 0 Å². The molecular weight excluding hydrogens is 420 g/mol. The Balaban J connectivity index is 2.01. The lowest BCUT2D eigenvalue weighted by Crippen LogP contribution is -2.32. The van der Waals surface area contributed by atoms with Crippen molar-refractivity contribution in [3.05, 3.63) is 102 Å². The second kappa shape index (κ2) is 12.2. The molecule has 1 N–H and O–H groups in total. The minimum atomic E-state index is -0.700. The summed E-state index contributed by atoms with van der Waals surface area (Å²) in [6, 6.07) is 28.6. The van der Waals surface area contributed by atoms with Crippen molar-refractivity contribution in [3.63, 3.8) is 0 Å². The highest BCUT2D eigenvalue weighted by atomic mass is 32.2. The molecule has 0 bridgehead atoms. The average Bonchev–Trinajstić information content (AvgIpc) is 2.84. The zero-order valence-corrected chi connectivity index (χ0v) is 20.0. The van der Waals surface area contributed by atoms with E-state index < -0.39 is 10.9 Å². The smallest absolute Gasteiger partial charge is 0.118 e. The van der Waals surface area contributed by atoms with Crippen molar-refractivity contribution in [2.75, 3.05) is 24.4 Å². The summed E-state index contributed by atoms with van der Waals surface area (Å²) in [6.45, 7) is 2.23. The summed E-state index contributed by atoms with van der Waals surface area (Å²) in [5.74, 6) is 4.02. The molecule has 0 spiro atoms. The van der Waals surface area contributed by atoms with Crippen LogP contribution >= 0.6 is 23.5 Å². The maximum atomic E-state index is 11.9. The van der Waals surface area contributed by atoms with Gasteiger partial charge in [0.05, 0.1) is 11.9 Å². The Labute approximate surface area is 195 Å². The summed E-state index contributed by atoms with van der Waals surface area (Å²) in [4.78, 5) is 0. The molecule has 3 aromatic rings. The van der Waals surface area contributed by atoms with Crippen molar-refractivity contribution in [1.82, 2.24) is 0 Å². The predicted molar refractivity (Wildman–Crippen MR) is 136 cm³/mol.